The number of rotatable bonds is 3. The van der Waals surface area contributed by atoms with Crippen LogP contribution in [0.2, 0.25) is 0 Å². The van der Waals surface area contributed by atoms with E-state index in [1.807, 2.05) is 24.3 Å². The largest absolute Gasteiger partial charge is 0.430 e. The van der Waals surface area contributed by atoms with Crippen LogP contribution < -0.4 is 0 Å². The molecule has 0 unspecified atom stereocenters. The van der Waals surface area contributed by atoms with Gasteiger partial charge in [-0.05, 0) is 17.5 Å². The molecule has 5 nitrogen and oxygen atoms in total. The standard InChI is InChI=1S/C22H21F3N2O3/c1-30-21(22(23,24)25,16-8-3-2-4-9-16)20(29)26-13-18-17-10-6-5-7-15(17)11-12-27(18)19(28)14-26/h2-10,18H,11-14H2,1H3/t18-,21+/m1/s1. The van der Waals surface area contributed by atoms with E-state index >= 15 is 0 Å². The highest BCUT2D eigenvalue weighted by Gasteiger charge is 2.64. The lowest BCUT2D eigenvalue weighted by Crippen LogP contribution is -2.62. The Labute approximate surface area is 172 Å². The number of alkyl halides is 3. The quantitative estimate of drug-likeness (QED) is 0.770. The second kappa shape index (κ2) is 7.43. The van der Waals surface area contributed by atoms with Crippen LogP contribution in [-0.2, 0) is 26.3 Å². The van der Waals surface area contributed by atoms with E-state index < -0.39 is 30.3 Å². The predicted molar refractivity (Wildman–Crippen MR) is 102 cm³/mol. The summed E-state index contributed by atoms with van der Waals surface area (Å²) in [7, 11) is 0.867. The molecule has 2 aliphatic rings. The molecule has 2 aliphatic heterocycles. The van der Waals surface area contributed by atoms with Crippen molar-refractivity contribution in [2.75, 3.05) is 26.7 Å². The Morgan fingerprint density at radius 1 is 1.07 bits per heavy atom. The first-order valence-electron chi connectivity index (χ1n) is 9.63. The first kappa shape index (κ1) is 20.4. The lowest BCUT2D eigenvalue weighted by molar-refractivity contribution is -0.271. The van der Waals surface area contributed by atoms with E-state index in [1.54, 1.807) is 11.0 Å². The second-order valence-electron chi connectivity index (χ2n) is 7.49. The van der Waals surface area contributed by atoms with Crippen LogP contribution in [0.15, 0.2) is 54.6 Å². The van der Waals surface area contributed by atoms with Crippen molar-refractivity contribution >= 4 is 11.8 Å². The number of fused-ring (bicyclic) bond motifs is 3. The third kappa shape index (κ3) is 3.06. The van der Waals surface area contributed by atoms with Gasteiger partial charge in [-0.2, -0.15) is 13.2 Å². The van der Waals surface area contributed by atoms with Gasteiger partial charge in [-0.15, -0.1) is 0 Å². The number of carbonyl (C=O) groups excluding carboxylic acids is 2. The van der Waals surface area contributed by atoms with Crippen LogP contribution in [0.5, 0.6) is 0 Å². The van der Waals surface area contributed by atoms with Crippen LogP contribution in [0.3, 0.4) is 0 Å². The molecular formula is C22H21F3N2O3. The lowest BCUT2D eigenvalue weighted by atomic mass is 9.88. The lowest BCUT2D eigenvalue weighted by Gasteiger charge is -2.46. The minimum atomic E-state index is -5.01. The molecule has 2 aromatic rings. The monoisotopic (exact) mass is 418 g/mol. The summed E-state index contributed by atoms with van der Waals surface area (Å²) in [6.07, 6.45) is -4.33. The number of hydrogen-bond acceptors (Lipinski definition) is 3. The number of piperazine rings is 1. The Bertz CT molecular complexity index is 964. The summed E-state index contributed by atoms with van der Waals surface area (Å²) in [6.45, 7) is 0.0526. The Hall–Kier alpha value is -2.87. The highest BCUT2D eigenvalue weighted by atomic mass is 19.4. The third-order valence-electron chi connectivity index (χ3n) is 5.93. The topological polar surface area (TPSA) is 49.9 Å². The molecule has 0 N–H and O–H groups in total. The summed E-state index contributed by atoms with van der Waals surface area (Å²) in [6, 6.07) is 13.9. The van der Waals surface area contributed by atoms with Crippen LogP contribution >= 0.6 is 0 Å². The van der Waals surface area contributed by atoms with Gasteiger partial charge in [0, 0.05) is 25.8 Å². The van der Waals surface area contributed by atoms with Crippen LogP contribution in [-0.4, -0.2) is 54.5 Å². The highest BCUT2D eigenvalue weighted by Crippen LogP contribution is 2.44. The molecule has 2 amide bonds. The Balaban J connectivity index is 1.74. The van der Waals surface area contributed by atoms with Gasteiger partial charge in [-0.1, -0.05) is 54.6 Å². The van der Waals surface area contributed by atoms with Gasteiger partial charge in [0.15, 0.2) is 0 Å². The molecule has 0 bridgehead atoms. The zero-order valence-corrected chi connectivity index (χ0v) is 16.4. The summed E-state index contributed by atoms with van der Waals surface area (Å²) >= 11 is 0. The maximum absolute atomic E-state index is 14.3. The van der Waals surface area contributed by atoms with Crippen molar-refractivity contribution in [2.24, 2.45) is 0 Å². The van der Waals surface area contributed by atoms with Crippen molar-refractivity contribution in [3.63, 3.8) is 0 Å². The normalized spacial score (nSPS) is 20.9. The van der Waals surface area contributed by atoms with E-state index in [0.717, 1.165) is 23.1 Å². The number of hydrogen-bond donors (Lipinski definition) is 0. The first-order valence-corrected chi connectivity index (χ1v) is 9.63. The van der Waals surface area contributed by atoms with Gasteiger partial charge < -0.3 is 14.5 Å². The molecule has 2 atom stereocenters. The first-order chi connectivity index (χ1) is 14.3. The van der Waals surface area contributed by atoms with Gasteiger partial charge in [0.25, 0.3) is 11.5 Å². The molecular weight excluding hydrogens is 397 g/mol. The zero-order valence-electron chi connectivity index (χ0n) is 16.4. The number of benzene rings is 2. The van der Waals surface area contributed by atoms with Crippen molar-refractivity contribution in [3.8, 4) is 0 Å². The van der Waals surface area contributed by atoms with Crippen molar-refractivity contribution in [2.45, 2.75) is 24.2 Å². The SMILES string of the molecule is CO[C@](C(=O)N1CC(=O)N2CCc3ccccc3[C@H]2C1)(c1ccccc1)C(F)(F)F. The number of halogens is 3. The Kier molecular flexibility index (Phi) is 5.05. The van der Waals surface area contributed by atoms with Crippen LogP contribution in [0, 0.1) is 0 Å². The molecule has 30 heavy (non-hydrogen) atoms. The second-order valence-corrected chi connectivity index (χ2v) is 7.49. The smallest absolute Gasteiger partial charge is 0.356 e. The Morgan fingerprint density at radius 3 is 2.40 bits per heavy atom. The third-order valence-corrected chi connectivity index (χ3v) is 5.93. The van der Waals surface area contributed by atoms with Gasteiger partial charge in [-0.25, -0.2) is 0 Å². The maximum atomic E-state index is 14.3. The predicted octanol–water partition coefficient (Wildman–Crippen LogP) is 3.06. The fraction of sp³-hybridized carbons (Fsp3) is 0.364. The minimum Gasteiger partial charge on any atom is -0.356 e. The Morgan fingerprint density at radius 2 is 1.73 bits per heavy atom. The van der Waals surface area contributed by atoms with Gasteiger partial charge in [0.2, 0.25) is 5.91 Å². The molecule has 0 saturated carbocycles. The number of methoxy groups -OCH3 is 1. The fourth-order valence-electron chi connectivity index (χ4n) is 4.45. The molecule has 4 rings (SSSR count). The summed E-state index contributed by atoms with van der Waals surface area (Å²) < 4.78 is 47.7. The van der Waals surface area contributed by atoms with Crippen molar-refractivity contribution in [3.05, 3.63) is 71.3 Å². The highest BCUT2D eigenvalue weighted by molar-refractivity contribution is 5.92. The molecule has 0 aliphatic carbocycles. The molecule has 158 valence electrons. The number of amides is 2. The minimum absolute atomic E-state index is 0.0182. The van der Waals surface area contributed by atoms with Gasteiger partial charge in [-0.3, -0.25) is 9.59 Å². The van der Waals surface area contributed by atoms with Gasteiger partial charge >= 0.3 is 6.18 Å². The van der Waals surface area contributed by atoms with E-state index in [2.05, 4.69) is 0 Å². The summed E-state index contributed by atoms with van der Waals surface area (Å²) in [5.41, 5.74) is -1.59. The van der Waals surface area contributed by atoms with E-state index in [-0.39, 0.29) is 18.0 Å². The average Bonchev–Trinajstić information content (AvgIpc) is 2.74. The summed E-state index contributed by atoms with van der Waals surface area (Å²) in [5, 5.41) is 0. The van der Waals surface area contributed by atoms with Crippen molar-refractivity contribution in [1.82, 2.24) is 9.80 Å². The van der Waals surface area contributed by atoms with E-state index in [1.165, 1.54) is 24.3 Å². The van der Waals surface area contributed by atoms with E-state index in [0.29, 0.717) is 13.0 Å². The maximum Gasteiger partial charge on any atom is 0.430 e. The molecule has 0 aromatic heterocycles. The van der Waals surface area contributed by atoms with Crippen LogP contribution in [0.25, 0.3) is 0 Å². The molecule has 1 saturated heterocycles. The molecule has 1 fully saturated rings. The van der Waals surface area contributed by atoms with Gasteiger partial charge in [0.05, 0.1) is 12.6 Å². The molecule has 0 spiro atoms. The van der Waals surface area contributed by atoms with E-state index in [4.69, 9.17) is 4.74 Å². The molecule has 2 aromatic carbocycles. The van der Waals surface area contributed by atoms with Gasteiger partial charge in [0.1, 0.15) is 0 Å². The van der Waals surface area contributed by atoms with Crippen LogP contribution in [0.1, 0.15) is 22.7 Å². The van der Waals surface area contributed by atoms with E-state index in [9.17, 15) is 22.8 Å². The molecule has 8 heteroatoms. The number of ether oxygens (including phenoxy) is 1. The average molecular weight is 418 g/mol. The fourth-order valence-corrected chi connectivity index (χ4v) is 4.45. The van der Waals surface area contributed by atoms with Crippen molar-refractivity contribution < 1.29 is 27.5 Å². The number of nitrogens with zero attached hydrogens (tertiary/aromatic N) is 2. The zero-order chi connectivity index (χ0) is 21.5. The summed E-state index contributed by atoms with van der Waals surface area (Å²) in [5.74, 6) is -1.64. The van der Waals surface area contributed by atoms with Crippen molar-refractivity contribution in [1.29, 1.82) is 0 Å². The number of carbonyl (C=O) groups is 2. The molecule has 2 heterocycles. The summed E-state index contributed by atoms with van der Waals surface area (Å²) in [4.78, 5) is 28.7. The molecule has 0 radical (unpaired) electrons. The van der Waals surface area contributed by atoms with Crippen LogP contribution in [0.4, 0.5) is 13.2 Å².